The number of hydrogen-bond donors (Lipinski definition) is 2. The Balaban J connectivity index is 2.78. The molecule has 0 aliphatic heterocycles. The topological polar surface area (TPSA) is 96.2 Å². The van der Waals surface area contributed by atoms with E-state index in [0.29, 0.717) is 5.52 Å². The third-order valence-corrected chi connectivity index (χ3v) is 2.46. The normalized spacial score (nSPS) is 10.6. The van der Waals surface area contributed by atoms with Crippen molar-refractivity contribution in [3.8, 4) is 0 Å². The Morgan fingerprint density at radius 2 is 2.19 bits per heavy atom. The van der Waals surface area contributed by atoms with E-state index in [2.05, 4.69) is 4.98 Å². The number of H-pyrrole nitrogens is 1. The molecule has 0 radical (unpaired) electrons. The molecule has 82 valence electrons. The molecule has 2 aromatic rings. The van der Waals surface area contributed by atoms with Gasteiger partial charge >= 0.3 is 5.97 Å². The third-order valence-electron chi connectivity index (χ3n) is 2.16. The lowest BCUT2D eigenvalue weighted by Gasteiger charge is -1.97. The highest BCUT2D eigenvalue weighted by Crippen LogP contribution is 2.31. The summed E-state index contributed by atoms with van der Waals surface area (Å²) in [6.07, 6.45) is 1.25. The Bertz CT molecular complexity index is 605. The minimum Gasteiger partial charge on any atom is -0.478 e. The van der Waals surface area contributed by atoms with Crippen molar-refractivity contribution in [1.82, 2.24) is 4.98 Å². The Morgan fingerprint density at radius 3 is 2.75 bits per heavy atom. The van der Waals surface area contributed by atoms with Crippen LogP contribution in [0.1, 0.15) is 10.4 Å². The van der Waals surface area contributed by atoms with Crippen molar-refractivity contribution in [2.24, 2.45) is 0 Å². The number of hydrogen-bond acceptors (Lipinski definition) is 3. The first-order chi connectivity index (χ1) is 7.50. The number of non-ortho nitro benzene ring substituents is 1. The van der Waals surface area contributed by atoms with Gasteiger partial charge in [-0.05, 0) is 0 Å². The highest BCUT2D eigenvalue weighted by Gasteiger charge is 2.17. The fourth-order valence-electron chi connectivity index (χ4n) is 1.48. The van der Waals surface area contributed by atoms with Gasteiger partial charge in [-0.15, -0.1) is 0 Å². The maximum Gasteiger partial charge on any atom is 0.337 e. The van der Waals surface area contributed by atoms with Gasteiger partial charge in [-0.25, -0.2) is 4.79 Å². The predicted octanol–water partition coefficient (Wildman–Crippen LogP) is 2.43. The number of nitro benzene ring substituents is 1. The number of aromatic amines is 1. The van der Waals surface area contributed by atoms with E-state index in [1.807, 2.05) is 0 Å². The fourth-order valence-corrected chi connectivity index (χ4v) is 1.79. The van der Waals surface area contributed by atoms with Crippen LogP contribution in [0.2, 0.25) is 5.02 Å². The highest BCUT2D eigenvalue weighted by atomic mass is 35.5. The molecule has 16 heavy (non-hydrogen) atoms. The number of aromatic carboxylic acids is 1. The number of carbonyl (C=O) groups is 1. The predicted molar refractivity (Wildman–Crippen MR) is 56.9 cm³/mol. The smallest absolute Gasteiger partial charge is 0.337 e. The molecule has 0 bridgehead atoms. The number of rotatable bonds is 2. The first kappa shape index (κ1) is 10.4. The largest absolute Gasteiger partial charge is 0.478 e. The standard InChI is InChI=1S/C9H5ClN2O4/c10-6-1-4(12(15)16)2-7-8(6)5(3-11-7)9(13)14/h1-3,11H,(H,13,14). The van der Waals surface area contributed by atoms with Crippen LogP contribution < -0.4 is 0 Å². The summed E-state index contributed by atoms with van der Waals surface area (Å²) in [7, 11) is 0. The molecule has 1 aromatic heterocycles. The van der Waals surface area contributed by atoms with Crippen LogP contribution in [0.15, 0.2) is 18.3 Å². The zero-order chi connectivity index (χ0) is 11.9. The Labute approximate surface area is 93.6 Å². The second kappa shape index (κ2) is 3.49. The van der Waals surface area contributed by atoms with Crippen LogP contribution in [0.25, 0.3) is 10.9 Å². The van der Waals surface area contributed by atoms with Crippen molar-refractivity contribution in [2.45, 2.75) is 0 Å². The number of nitrogens with one attached hydrogen (secondary N) is 1. The molecule has 0 unspecified atom stereocenters. The van der Waals surface area contributed by atoms with Crippen molar-refractivity contribution in [3.05, 3.63) is 39.0 Å². The minimum absolute atomic E-state index is 0.00472. The number of carboxylic acids is 1. The summed E-state index contributed by atoms with van der Waals surface area (Å²) in [4.78, 5) is 23.4. The molecule has 0 fully saturated rings. The molecule has 0 atom stereocenters. The summed E-state index contributed by atoms with van der Waals surface area (Å²) in [5.41, 5.74) is 0.141. The number of halogens is 1. The van der Waals surface area contributed by atoms with E-state index >= 15 is 0 Å². The zero-order valence-electron chi connectivity index (χ0n) is 7.73. The average Bonchev–Trinajstić information content (AvgIpc) is 2.61. The lowest BCUT2D eigenvalue weighted by Crippen LogP contribution is -1.94. The van der Waals surface area contributed by atoms with Gasteiger partial charge in [-0.3, -0.25) is 10.1 Å². The van der Waals surface area contributed by atoms with Gasteiger partial charge in [-0.2, -0.15) is 0 Å². The number of nitro groups is 1. The molecule has 2 rings (SSSR count). The molecule has 7 heteroatoms. The van der Waals surface area contributed by atoms with E-state index in [1.165, 1.54) is 12.3 Å². The summed E-state index contributed by atoms with van der Waals surface area (Å²) in [6.45, 7) is 0. The number of aromatic nitrogens is 1. The maximum absolute atomic E-state index is 10.8. The van der Waals surface area contributed by atoms with E-state index in [0.717, 1.165) is 6.07 Å². The molecular formula is C9H5ClN2O4. The molecular weight excluding hydrogens is 236 g/mol. The lowest BCUT2D eigenvalue weighted by molar-refractivity contribution is -0.384. The molecule has 2 N–H and O–H groups in total. The number of benzene rings is 1. The lowest BCUT2D eigenvalue weighted by atomic mass is 10.1. The molecule has 0 saturated carbocycles. The fraction of sp³-hybridized carbons (Fsp3) is 0. The Morgan fingerprint density at radius 1 is 1.50 bits per heavy atom. The van der Waals surface area contributed by atoms with Crippen LogP contribution in [0.4, 0.5) is 5.69 Å². The van der Waals surface area contributed by atoms with Crippen LogP contribution in [-0.2, 0) is 0 Å². The van der Waals surface area contributed by atoms with Gasteiger partial charge < -0.3 is 10.1 Å². The molecule has 1 heterocycles. The quantitative estimate of drug-likeness (QED) is 0.622. The van der Waals surface area contributed by atoms with Crippen LogP contribution >= 0.6 is 11.6 Å². The zero-order valence-corrected chi connectivity index (χ0v) is 8.49. The van der Waals surface area contributed by atoms with Crippen LogP contribution in [0, 0.1) is 10.1 Å². The van der Waals surface area contributed by atoms with Gasteiger partial charge in [0.1, 0.15) is 0 Å². The molecule has 0 spiro atoms. The first-order valence-corrected chi connectivity index (χ1v) is 4.57. The first-order valence-electron chi connectivity index (χ1n) is 4.19. The molecule has 0 aliphatic carbocycles. The SMILES string of the molecule is O=C(O)c1c[nH]c2cc([N+](=O)[O-])cc(Cl)c12. The Hall–Kier alpha value is -2.08. The van der Waals surface area contributed by atoms with E-state index in [-0.39, 0.29) is 21.7 Å². The van der Waals surface area contributed by atoms with Crippen molar-refractivity contribution in [3.63, 3.8) is 0 Å². The van der Waals surface area contributed by atoms with Crippen molar-refractivity contribution >= 4 is 34.2 Å². The van der Waals surface area contributed by atoms with E-state index in [1.54, 1.807) is 0 Å². The highest BCUT2D eigenvalue weighted by molar-refractivity contribution is 6.37. The maximum atomic E-state index is 10.8. The van der Waals surface area contributed by atoms with Gasteiger partial charge in [0.05, 0.1) is 21.0 Å². The van der Waals surface area contributed by atoms with E-state index in [9.17, 15) is 14.9 Å². The van der Waals surface area contributed by atoms with Crippen molar-refractivity contribution < 1.29 is 14.8 Å². The van der Waals surface area contributed by atoms with Crippen LogP contribution in [0.5, 0.6) is 0 Å². The summed E-state index contributed by atoms with van der Waals surface area (Å²) >= 11 is 5.81. The molecule has 0 aliphatic rings. The van der Waals surface area contributed by atoms with E-state index in [4.69, 9.17) is 16.7 Å². The van der Waals surface area contributed by atoms with Gasteiger partial charge in [0.15, 0.2) is 0 Å². The number of nitrogens with zero attached hydrogens (tertiary/aromatic N) is 1. The average molecular weight is 241 g/mol. The summed E-state index contributed by atoms with van der Waals surface area (Å²) in [6, 6.07) is 2.37. The Kier molecular flexibility index (Phi) is 2.28. The number of carboxylic acid groups (broad SMARTS) is 1. The van der Waals surface area contributed by atoms with Crippen LogP contribution in [0.3, 0.4) is 0 Å². The second-order valence-electron chi connectivity index (χ2n) is 3.11. The summed E-state index contributed by atoms with van der Waals surface area (Å²) < 4.78 is 0. The van der Waals surface area contributed by atoms with Gasteiger partial charge in [0.25, 0.3) is 5.69 Å². The van der Waals surface area contributed by atoms with E-state index < -0.39 is 10.9 Å². The third kappa shape index (κ3) is 1.49. The molecule has 0 saturated heterocycles. The monoisotopic (exact) mass is 240 g/mol. The molecule has 6 nitrogen and oxygen atoms in total. The minimum atomic E-state index is -1.14. The van der Waals surface area contributed by atoms with Gasteiger partial charge in [0.2, 0.25) is 0 Å². The van der Waals surface area contributed by atoms with Gasteiger partial charge in [-0.1, -0.05) is 11.6 Å². The summed E-state index contributed by atoms with van der Waals surface area (Å²) in [5, 5.41) is 19.7. The second-order valence-corrected chi connectivity index (χ2v) is 3.52. The molecule has 1 aromatic carbocycles. The van der Waals surface area contributed by atoms with Crippen LogP contribution in [-0.4, -0.2) is 21.0 Å². The number of fused-ring (bicyclic) bond motifs is 1. The molecule has 0 amide bonds. The van der Waals surface area contributed by atoms with Crippen molar-refractivity contribution in [2.75, 3.05) is 0 Å². The van der Waals surface area contributed by atoms with Crippen molar-refractivity contribution in [1.29, 1.82) is 0 Å². The summed E-state index contributed by atoms with van der Waals surface area (Å²) in [5.74, 6) is -1.14. The van der Waals surface area contributed by atoms with Gasteiger partial charge in [0, 0.05) is 23.7 Å².